The fraction of sp³-hybridized carbons (Fsp3) is 0.333. The number of hydrogen-bond acceptors (Lipinski definition) is 2. The molecule has 1 unspecified atom stereocenters. The van der Waals surface area contributed by atoms with Gasteiger partial charge in [-0.2, -0.15) is 0 Å². The number of benzene rings is 2. The van der Waals surface area contributed by atoms with Gasteiger partial charge in [0, 0.05) is 17.6 Å². The highest BCUT2D eigenvalue weighted by molar-refractivity contribution is 9.10. The highest BCUT2D eigenvalue weighted by Crippen LogP contribution is 2.32. The van der Waals surface area contributed by atoms with Crippen molar-refractivity contribution in [3.8, 4) is 0 Å². The molecule has 2 aromatic rings. The number of nitrogens with zero attached hydrogens (tertiary/aromatic N) is 1. The van der Waals surface area contributed by atoms with Crippen molar-refractivity contribution in [1.29, 1.82) is 0 Å². The fourth-order valence-corrected chi connectivity index (χ4v) is 3.00. The van der Waals surface area contributed by atoms with Crippen molar-refractivity contribution >= 4 is 15.9 Å². The predicted molar refractivity (Wildman–Crippen MR) is 88.9 cm³/mol. The first-order valence-electron chi connectivity index (χ1n) is 7.32. The zero-order valence-electron chi connectivity index (χ0n) is 12.3. The molecule has 0 saturated carbocycles. The van der Waals surface area contributed by atoms with E-state index in [4.69, 9.17) is 4.74 Å². The SMILES string of the molecule is CC1(c2ccccc2)CCN(Cc2ccc(Br)cc2)CO1. The highest BCUT2D eigenvalue weighted by Gasteiger charge is 2.32. The molecule has 0 amide bonds. The molecule has 110 valence electrons. The molecular formula is C18H20BrNO. The predicted octanol–water partition coefficient (Wildman–Crippen LogP) is 4.54. The molecule has 1 fully saturated rings. The van der Waals surface area contributed by atoms with Gasteiger partial charge in [0.05, 0.1) is 5.60 Å². The van der Waals surface area contributed by atoms with Gasteiger partial charge in [0.25, 0.3) is 0 Å². The fourth-order valence-electron chi connectivity index (χ4n) is 2.73. The molecule has 0 aliphatic carbocycles. The third-order valence-electron chi connectivity index (χ3n) is 4.17. The molecule has 21 heavy (non-hydrogen) atoms. The Hall–Kier alpha value is -1.16. The lowest BCUT2D eigenvalue weighted by molar-refractivity contribution is -0.136. The minimum absolute atomic E-state index is 0.155. The quantitative estimate of drug-likeness (QED) is 0.809. The van der Waals surface area contributed by atoms with E-state index in [-0.39, 0.29) is 5.60 Å². The summed E-state index contributed by atoms with van der Waals surface area (Å²) in [6.07, 6.45) is 1.02. The zero-order valence-corrected chi connectivity index (χ0v) is 13.8. The molecule has 3 heteroatoms. The second kappa shape index (κ2) is 6.30. The highest BCUT2D eigenvalue weighted by atomic mass is 79.9. The van der Waals surface area contributed by atoms with Gasteiger partial charge in [-0.25, -0.2) is 0 Å². The summed E-state index contributed by atoms with van der Waals surface area (Å²) in [5, 5.41) is 0. The van der Waals surface area contributed by atoms with E-state index < -0.39 is 0 Å². The summed E-state index contributed by atoms with van der Waals surface area (Å²) in [5.41, 5.74) is 2.44. The largest absolute Gasteiger partial charge is 0.355 e. The molecule has 1 atom stereocenters. The van der Waals surface area contributed by atoms with Gasteiger partial charge in [-0.3, -0.25) is 4.90 Å². The lowest BCUT2D eigenvalue weighted by Crippen LogP contribution is -2.42. The maximum absolute atomic E-state index is 6.18. The van der Waals surface area contributed by atoms with Crippen molar-refractivity contribution in [3.05, 3.63) is 70.2 Å². The van der Waals surface area contributed by atoms with Crippen LogP contribution >= 0.6 is 15.9 Å². The lowest BCUT2D eigenvalue weighted by Gasteiger charge is -2.40. The average molecular weight is 346 g/mol. The van der Waals surface area contributed by atoms with Crippen molar-refractivity contribution in [2.75, 3.05) is 13.3 Å². The number of rotatable bonds is 3. The van der Waals surface area contributed by atoms with Crippen LogP contribution in [0.5, 0.6) is 0 Å². The Morgan fingerprint density at radius 1 is 1.10 bits per heavy atom. The lowest BCUT2D eigenvalue weighted by atomic mass is 9.91. The molecule has 0 radical (unpaired) electrons. The normalized spacial score (nSPS) is 23.1. The summed E-state index contributed by atoms with van der Waals surface area (Å²) in [4.78, 5) is 2.36. The van der Waals surface area contributed by atoms with E-state index in [0.29, 0.717) is 6.73 Å². The van der Waals surface area contributed by atoms with E-state index in [2.05, 4.69) is 82.4 Å². The van der Waals surface area contributed by atoms with Gasteiger partial charge in [0.2, 0.25) is 0 Å². The summed E-state index contributed by atoms with van der Waals surface area (Å²) in [7, 11) is 0. The summed E-state index contributed by atoms with van der Waals surface area (Å²) in [6, 6.07) is 19.0. The topological polar surface area (TPSA) is 12.5 Å². The van der Waals surface area contributed by atoms with E-state index in [9.17, 15) is 0 Å². The molecule has 0 bridgehead atoms. The third-order valence-corrected chi connectivity index (χ3v) is 4.70. The number of ether oxygens (including phenoxy) is 1. The van der Waals surface area contributed by atoms with Gasteiger partial charge < -0.3 is 4.74 Å². The zero-order chi connectivity index (χ0) is 14.7. The van der Waals surface area contributed by atoms with Crippen LogP contribution in [0.2, 0.25) is 0 Å². The Labute approximate surface area is 134 Å². The maximum Gasteiger partial charge on any atom is 0.100 e. The van der Waals surface area contributed by atoms with E-state index in [1.54, 1.807) is 0 Å². The Bertz CT molecular complexity index is 574. The van der Waals surface area contributed by atoms with Crippen LogP contribution in [0.15, 0.2) is 59.1 Å². The molecule has 1 heterocycles. The van der Waals surface area contributed by atoms with E-state index in [1.807, 2.05) is 0 Å². The van der Waals surface area contributed by atoms with E-state index in [1.165, 1.54) is 11.1 Å². The van der Waals surface area contributed by atoms with E-state index >= 15 is 0 Å². The van der Waals surface area contributed by atoms with Crippen LogP contribution in [0.1, 0.15) is 24.5 Å². The summed E-state index contributed by atoms with van der Waals surface area (Å²) in [5.74, 6) is 0. The van der Waals surface area contributed by atoms with Crippen molar-refractivity contribution in [3.63, 3.8) is 0 Å². The van der Waals surface area contributed by atoms with Gasteiger partial charge in [-0.1, -0.05) is 58.4 Å². The maximum atomic E-state index is 6.18. The smallest absolute Gasteiger partial charge is 0.100 e. The van der Waals surface area contributed by atoms with Crippen molar-refractivity contribution in [2.45, 2.75) is 25.5 Å². The molecule has 1 aliphatic rings. The summed E-state index contributed by atoms with van der Waals surface area (Å²) < 4.78 is 7.30. The van der Waals surface area contributed by atoms with Gasteiger partial charge in [0.1, 0.15) is 6.73 Å². The number of hydrogen-bond donors (Lipinski definition) is 0. The Morgan fingerprint density at radius 3 is 2.43 bits per heavy atom. The monoisotopic (exact) mass is 345 g/mol. The van der Waals surface area contributed by atoms with Crippen molar-refractivity contribution in [1.82, 2.24) is 4.90 Å². The minimum atomic E-state index is -0.155. The van der Waals surface area contributed by atoms with Crippen LogP contribution in [-0.2, 0) is 16.9 Å². The van der Waals surface area contributed by atoms with Crippen molar-refractivity contribution in [2.24, 2.45) is 0 Å². The molecule has 0 aromatic heterocycles. The molecule has 0 N–H and O–H groups in total. The molecule has 1 saturated heterocycles. The van der Waals surface area contributed by atoms with Gasteiger partial charge in [0.15, 0.2) is 0 Å². The summed E-state index contributed by atoms with van der Waals surface area (Å²) >= 11 is 3.47. The summed E-state index contributed by atoms with van der Waals surface area (Å²) in [6.45, 7) is 4.88. The molecule has 0 spiro atoms. The Kier molecular flexibility index (Phi) is 4.43. The van der Waals surface area contributed by atoms with Crippen LogP contribution in [0.25, 0.3) is 0 Å². The van der Waals surface area contributed by atoms with Crippen LogP contribution < -0.4 is 0 Å². The second-order valence-electron chi connectivity index (χ2n) is 5.80. The second-order valence-corrected chi connectivity index (χ2v) is 6.71. The Morgan fingerprint density at radius 2 is 1.81 bits per heavy atom. The van der Waals surface area contributed by atoms with Crippen LogP contribution in [-0.4, -0.2) is 18.2 Å². The minimum Gasteiger partial charge on any atom is -0.355 e. The Balaban J connectivity index is 1.61. The van der Waals surface area contributed by atoms with Crippen LogP contribution in [0.3, 0.4) is 0 Å². The first-order valence-corrected chi connectivity index (χ1v) is 8.11. The average Bonchev–Trinajstić information content (AvgIpc) is 2.53. The first kappa shape index (κ1) is 14.8. The van der Waals surface area contributed by atoms with Gasteiger partial charge in [-0.15, -0.1) is 0 Å². The van der Waals surface area contributed by atoms with Gasteiger partial charge in [-0.05, 0) is 36.6 Å². The first-order chi connectivity index (χ1) is 10.2. The van der Waals surface area contributed by atoms with Gasteiger partial charge >= 0.3 is 0 Å². The molecule has 2 aromatic carbocycles. The van der Waals surface area contributed by atoms with Crippen LogP contribution in [0, 0.1) is 0 Å². The molecule has 2 nitrogen and oxygen atoms in total. The molecular weight excluding hydrogens is 326 g/mol. The van der Waals surface area contributed by atoms with Crippen molar-refractivity contribution < 1.29 is 4.74 Å². The molecule has 3 rings (SSSR count). The molecule has 1 aliphatic heterocycles. The standard InChI is InChI=1S/C18H20BrNO/c1-18(16-5-3-2-4-6-16)11-12-20(14-21-18)13-15-7-9-17(19)10-8-15/h2-10H,11-14H2,1H3. The van der Waals surface area contributed by atoms with E-state index in [0.717, 1.165) is 24.0 Å². The van der Waals surface area contributed by atoms with Crippen LogP contribution in [0.4, 0.5) is 0 Å². The number of halogens is 1. The third kappa shape index (κ3) is 3.54.